The molecule has 36 heavy (non-hydrogen) atoms. The Kier molecular flexibility index (Phi) is 9.76. The Morgan fingerprint density at radius 3 is 2.64 bits per heavy atom. The number of likely N-dealkylation sites (tertiary alicyclic amines) is 1. The number of fused-ring (bicyclic) bond motifs is 1. The van der Waals surface area contributed by atoms with Gasteiger partial charge in [0.15, 0.2) is 0 Å². The summed E-state index contributed by atoms with van der Waals surface area (Å²) in [7, 11) is 0. The maximum absolute atomic E-state index is 13.3. The average molecular weight is 494 g/mol. The average Bonchev–Trinajstić information content (AvgIpc) is 3.38. The van der Waals surface area contributed by atoms with E-state index in [0.717, 1.165) is 42.5 Å². The molecule has 1 aliphatic heterocycles. The fourth-order valence-corrected chi connectivity index (χ4v) is 5.36. The molecule has 7 nitrogen and oxygen atoms in total. The van der Waals surface area contributed by atoms with Gasteiger partial charge < -0.3 is 10.1 Å². The van der Waals surface area contributed by atoms with Crippen LogP contribution in [0.2, 0.25) is 0 Å². The fourth-order valence-electron chi connectivity index (χ4n) is 5.36. The molecule has 2 aromatic rings. The van der Waals surface area contributed by atoms with E-state index in [0.29, 0.717) is 24.5 Å². The first-order valence-electron chi connectivity index (χ1n) is 13.4. The quantitative estimate of drug-likeness (QED) is 0.182. The van der Waals surface area contributed by atoms with Crippen molar-refractivity contribution in [1.29, 1.82) is 0 Å². The van der Waals surface area contributed by atoms with Gasteiger partial charge in [-0.15, -0.1) is 0 Å². The van der Waals surface area contributed by atoms with Gasteiger partial charge in [0.25, 0.3) is 5.91 Å². The monoisotopic (exact) mass is 493 g/mol. The number of hydroxylamine groups is 1. The molecule has 2 amide bonds. The molecule has 0 spiro atoms. The molecule has 2 aliphatic rings. The minimum absolute atomic E-state index is 0.0700. The number of ether oxygens (including phenoxy) is 1. The SMILES string of the molecule is O=C(CCCC/C=C(\COc1ccc2ccccc2c1)C(=O)NC1CCN(C2CCCCC2)C1)NO. The second kappa shape index (κ2) is 13.4. The second-order valence-corrected chi connectivity index (χ2v) is 10.1. The number of benzene rings is 2. The van der Waals surface area contributed by atoms with Gasteiger partial charge >= 0.3 is 0 Å². The third kappa shape index (κ3) is 7.55. The number of hydrogen-bond acceptors (Lipinski definition) is 5. The van der Waals surface area contributed by atoms with Gasteiger partial charge in [0, 0.05) is 31.6 Å². The summed E-state index contributed by atoms with van der Waals surface area (Å²) in [6.45, 7) is 2.17. The summed E-state index contributed by atoms with van der Waals surface area (Å²) in [5.74, 6) is 0.274. The first-order chi connectivity index (χ1) is 17.6. The molecule has 3 N–H and O–H groups in total. The van der Waals surface area contributed by atoms with E-state index in [4.69, 9.17) is 9.94 Å². The third-order valence-electron chi connectivity index (χ3n) is 7.43. The van der Waals surface area contributed by atoms with Crippen molar-refractivity contribution in [2.24, 2.45) is 0 Å². The van der Waals surface area contributed by atoms with Crippen LogP contribution in [0.3, 0.4) is 0 Å². The minimum atomic E-state index is -0.389. The lowest BCUT2D eigenvalue weighted by molar-refractivity contribution is -0.129. The van der Waals surface area contributed by atoms with E-state index in [2.05, 4.69) is 16.3 Å². The molecule has 1 unspecified atom stereocenters. The number of allylic oxidation sites excluding steroid dienone is 1. The van der Waals surface area contributed by atoms with Crippen LogP contribution in [0.15, 0.2) is 54.1 Å². The molecule has 194 valence electrons. The van der Waals surface area contributed by atoms with Gasteiger partial charge in [-0.1, -0.05) is 55.7 Å². The van der Waals surface area contributed by atoms with Crippen molar-refractivity contribution in [2.45, 2.75) is 76.3 Å². The summed E-state index contributed by atoms with van der Waals surface area (Å²) in [5, 5.41) is 14.2. The zero-order valence-corrected chi connectivity index (χ0v) is 21.1. The summed E-state index contributed by atoms with van der Waals surface area (Å²) in [5.41, 5.74) is 2.28. The maximum Gasteiger partial charge on any atom is 0.250 e. The molecular weight excluding hydrogens is 454 g/mol. The predicted molar refractivity (Wildman–Crippen MR) is 141 cm³/mol. The van der Waals surface area contributed by atoms with Crippen LogP contribution in [0.1, 0.15) is 64.2 Å². The van der Waals surface area contributed by atoms with Crippen molar-refractivity contribution >= 4 is 22.6 Å². The third-order valence-corrected chi connectivity index (χ3v) is 7.43. The normalized spacial score (nSPS) is 19.4. The number of amides is 2. The second-order valence-electron chi connectivity index (χ2n) is 10.1. The van der Waals surface area contributed by atoms with Crippen LogP contribution in [0, 0.1) is 0 Å². The van der Waals surface area contributed by atoms with Gasteiger partial charge in [-0.3, -0.25) is 19.7 Å². The van der Waals surface area contributed by atoms with E-state index in [1.54, 1.807) is 5.48 Å². The largest absolute Gasteiger partial charge is 0.489 e. The number of carbonyl (C=O) groups is 2. The zero-order valence-electron chi connectivity index (χ0n) is 21.1. The Balaban J connectivity index is 1.34. The molecule has 1 heterocycles. The van der Waals surface area contributed by atoms with Crippen LogP contribution in [0.4, 0.5) is 0 Å². The van der Waals surface area contributed by atoms with Crippen molar-refractivity contribution in [3.05, 3.63) is 54.1 Å². The van der Waals surface area contributed by atoms with E-state index in [9.17, 15) is 9.59 Å². The Morgan fingerprint density at radius 1 is 1.03 bits per heavy atom. The summed E-state index contributed by atoms with van der Waals surface area (Å²) < 4.78 is 6.05. The number of carbonyl (C=O) groups excluding carboxylic acids is 2. The highest BCUT2D eigenvalue weighted by Crippen LogP contribution is 2.26. The van der Waals surface area contributed by atoms with Crippen molar-refractivity contribution in [1.82, 2.24) is 15.7 Å². The van der Waals surface area contributed by atoms with Crippen LogP contribution in [-0.4, -0.2) is 53.7 Å². The predicted octanol–water partition coefficient (Wildman–Crippen LogP) is 4.73. The van der Waals surface area contributed by atoms with Gasteiger partial charge in [0.05, 0.1) is 5.57 Å². The molecule has 0 aromatic heterocycles. The lowest BCUT2D eigenvalue weighted by Gasteiger charge is -2.31. The molecule has 0 bridgehead atoms. The molecular formula is C29H39N3O4. The number of rotatable bonds is 11. The molecule has 0 radical (unpaired) electrons. The Labute approximate surface area is 213 Å². The molecule has 2 fully saturated rings. The van der Waals surface area contributed by atoms with Crippen molar-refractivity contribution < 1.29 is 19.5 Å². The number of hydrogen-bond donors (Lipinski definition) is 3. The number of nitrogens with one attached hydrogen (secondary N) is 2. The first kappa shape index (κ1) is 26.2. The van der Waals surface area contributed by atoms with E-state index in [1.807, 2.05) is 42.5 Å². The lowest BCUT2D eigenvalue weighted by Crippen LogP contribution is -2.41. The minimum Gasteiger partial charge on any atom is -0.489 e. The standard InChI is InChI=1S/C29H39N3O4/c33-28(31-35)14-6-1-3-11-24(21-36-27-16-15-22-9-7-8-10-23(22)19-27)29(34)30-25-17-18-32(20-25)26-12-4-2-5-13-26/h7-11,15-16,19,25-26,35H,1-6,12-14,17-18,20-21H2,(H,30,34)(H,31,33)/b24-11+. The molecule has 1 atom stereocenters. The van der Waals surface area contributed by atoms with Crippen molar-refractivity contribution in [3.63, 3.8) is 0 Å². The Morgan fingerprint density at radius 2 is 1.83 bits per heavy atom. The van der Waals surface area contributed by atoms with Crippen LogP contribution >= 0.6 is 0 Å². The van der Waals surface area contributed by atoms with E-state index in [1.165, 1.54) is 32.1 Å². The smallest absolute Gasteiger partial charge is 0.250 e. The van der Waals surface area contributed by atoms with E-state index < -0.39 is 0 Å². The topological polar surface area (TPSA) is 90.9 Å². The van der Waals surface area contributed by atoms with E-state index >= 15 is 0 Å². The molecule has 4 rings (SSSR count). The van der Waals surface area contributed by atoms with Crippen molar-refractivity contribution in [2.75, 3.05) is 19.7 Å². The summed E-state index contributed by atoms with van der Waals surface area (Å²) >= 11 is 0. The van der Waals surface area contributed by atoms with Crippen LogP contribution < -0.4 is 15.5 Å². The highest BCUT2D eigenvalue weighted by Gasteiger charge is 2.30. The molecule has 1 aliphatic carbocycles. The summed E-state index contributed by atoms with van der Waals surface area (Å²) in [6, 6.07) is 14.9. The van der Waals surface area contributed by atoms with Gasteiger partial charge in [-0.2, -0.15) is 0 Å². The first-order valence-corrected chi connectivity index (χ1v) is 13.4. The fraction of sp³-hybridized carbons (Fsp3) is 0.517. The van der Waals surface area contributed by atoms with Gasteiger partial charge in [0.2, 0.25) is 5.91 Å². The summed E-state index contributed by atoms with van der Waals surface area (Å²) in [6.07, 6.45) is 11.8. The maximum atomic E-state index is 13.3. The Bertz CT molecular complexity index is 1050. The summed E-state index contributed by atoms with van der Waals surface area (Å²) in [4.78, 5) is 27.1. The highest BCUT2D eigenvalue weighted by atomic mass is 16.5. The van der Waals surface area contributed by atoms with Crippen LogP contribution in [0.25, 0.3) is 10.8 Å². The van der Waals surface area contributed by atoms with Gasteiger partial charge in [0.1, 0.15) is 12.4 Å². The molecule has 7 heteroatoms. The zero-order chi connectivity index (χ0) is 25.2. The lowest BCUT2D eigenvalue weighted by atomic mass is 9.94. The van der Waals surface area contributed by atoms with Gasteiger partial charge in [-0.05, 0) is 61.4 Å². The molecule has 2 aromatic carbocycles. The Hall–Kier alpha value is -2.90. The number of nitrogens with zero attached hydrogens (tertiary/aromatic N) is 1. The van der Waals surface area contributed by atoms with Crippen LogP contribution in [0.5, 0.6) is 5.75 Å². The molecule has 1 saturated heterocycles. The van der Waals surface area contributed by atoms with E-state index in [-0.39, 0.29) is 30.9 Å². The highest BCUT2D eigenvalue weighted by molar-refractivity contribution is 5.94. The molecule has 1 saturated carbocycles. The van der Waals surface area contributed by atoms with Crippen LogP contribution in [-0.2, 0) is 9.59 Å². The van der Waals surface area contributed by atoms with Gasteiger partial charge in [-0.25, -0.2) is 5.48 Å². The number of unbranched alkanes of at least 4 members (excludes halogenated alkanes) is 2. The van der Waals surface area contributed by atoms with Crippen molar-refractivity contribution in [3.8, 4) is 5.75 Å².